The topological polar surface area (TPSA) is 142 Å². The molecule has 0 spiro atoms. The van der Waals surface area contributed by atoms with E-state index in [0.29, 0.717) is 12.3 Å². The van der Waals surface area contributed by atoms with Gasteiger partial charge in [0.25, 0.3) is 0 Å². The summed E-state index contributed by atoms with van der Waals surface area (Å²) in [6.45, 7) is -0.0664. The Morgan fingerprint density at radius 1 is 0.921 bits per heavy atom. The smallest absolute Gasteiger partial charge is 0.318 e. The molecule has 1 heterocycles. The third kappa shape index (κ3) is 7.05. The third-order valence-electron chi connectivity index (χ3n) is 8.17. The van der Waals surface area contributed by atoms with E-state index in [1.807, 2.05) is 0 Å². The lowest BCUT2D eigenvalue weighted by Gasteiger charge is -2.41. The molecule has 0 unspecified atom stereocenters. The number of urea groups is 1. The van der Waals surface area contributed by atoms with Crippen LogP contribution in [0.2, 0.25) is 0 Å². The zero-order valence-electron chi connectivity index (χ0n) is 22.0. The molecule has 1 saturated heterocycles. The van der Waals surface area contributed by atoms with Gasteiger partial charge in [-0.2, -0.15) is 4.31 Å². The molecule has 3 aliphatic rings. The lowest BCUT2D eigenvalue weighted by molar-refractivity contribution is -0.131. The van der Waals surface area contributed by atoms with Crippen molar-refractivity contribution in [2.45, 2.75) is 93.7 Å². The van der Waals surface area contributed by atoms with Gasteiger partial charge in [0.15, 0.2) is 0 Å². The van der Waals surface area contributed by atoms with Gasteiger partial charge in [0.05, 0.1) is 4.90 Å². The quantitative estimate of drug-likeness (QED) is 0.458. The summed E-state index contributed by atoms with van der Waals surface area (Å²) in [7, 11) is -3.87. The summed E-state index contributed by atoms with van der Waals surface area (Å²) in [6, 6.07) is 5.77. The van der Waals surface area contributed by atoms with Crippen LogP contribution < -0.4 is 16.4 Å². The molecule has 2 aliphatic carbocycles. The molecule has 0 radical (unpaired) electrons. The summed E-state index contributed by atoms with van der Waals surface area (Å²) in [4.78, 5) is 40.8. The first kappa shape index (κ1) is 28.4. The van der Waals surface area contributed by atoms with Gasteiger partial charge in [0.1, 0.15) is 12.1 Å². The van der Waals surface area contributed by atoms with Crippen LogP contribution in [0.1, 0.15) is 70.6 Å². The van der Waals surface area contributed by atoms with Gasteiger partial charge in [-0.3, -0.25) is 9.59 Å². The zero-order chi connectivity index (χ0) is 27.1. The highest BCUT2D eigenvalue weighted by atomic mass is 32.2. The molecule has 210 valence electrons. The number of rotatable bonds is 8. The largest absolute Gasteiger partial charge is 0.368 e. The molecule has 11 heteroatoms. The lowest BCUT2D eigenvalue weighted by atomic mass is 9.84. The van der Waals surface area contributed by atoms with Crippen molar-refractivity contribution in [3.63, 3.8) is 0 Å². The number of carbonyl (C=O) groups is 3. The maximum atomic E-state index is 13.6. The Morgan fingerprint density at radius 3 is 2.18 bits per heavy atom. The predicted molar refractivity (Wildman–Crippen MR) is 143 cm³/mol. The number of nitrogens with one attached hydrogen (secondary N) is 2. The monoisotopic (exact) mass is 547 g/mol. The molecule has 4 rings (SSSR count). The number of amides is 4. The number of carbonyl (C=O) groups excluding carboxylic acids is 3. The molecule has 1 aromatic carbocycles. The van der Waals surface area contributed by atoms with Gasteiger partial charge >= 0.3 is 6.03 Å². The predicted octanol–water partition coefficient (Wildman–Crippen LogP) is 2.34. The highest BCUT2D eigenvalue weighted by Gasteiger charge is 2.41. The Labute approximate surface area is 225 Å². The Balaban J connectivity index is 1.52. The number of sulfonamides is 1. The second kappa shape index (κ2) is 12.9. The van der Waals surface area contributed by atoms with Crippen LogP contribution in [0, 0.1) is 5.92 Å². The zero-order valence-corrected chi connectivity index (χ0v) is 22.8. The summed E-state index contributed by atoms with van der Waals surface area (Å²) >= 11 is 0. The minimum Gasteiger partial charge on any atom is -0.368 e. The maximum Gasteiger partial charge on any atom is 0.318 e. The van der Waals surface area contributed by atoms with Crippen molar-refractivity contribution in [3.05, 3.63) is 30.3 Å². The molecular formula is C27H41N5O5S. The molecular weight excluding hydrogens is 506 g/mol. The SMILES string of the molecule is NC(=O)[C@H](CC1CCCCC1)NC(=O)[C@@H]1CN(S(=O)(=O)c2ccccc2)CCN1C(=O)NC1CCCCC1. The van der Waals surface area contributed by atoms with Gasteiger partial charge in [0, 0.05) is 25.7 Å². The summed E-state index contributed by atoms with van der Waals surface area (Å²) in [5, 5.41) is 5.82. The molecule has 38 heavy (non-hydrogen) atoms. The average molecular weight is 548 g/mol. The highest BCUT2D eigenvalue weighted by Crippen LogP contribution is 2.28. The van der Waals surface area contributed by atoms with Gasteiger partial charge in [-0.25, -0.2) is 13.2 Å². The minimum absolute atomic E-state index is 0.0377. The average Bonchev–Trinajstić information content (AvgIpc) is 2.93. The van der Waals surface area contributed by atoms with Gasteiger partial charge < -0.3 is 21.3 Å². The van der Waals surface area contributed by atoms with E-state index in [1.165, 1.54) is 27.8 Å². The molecule has 1 aromatic rings. The van der Waals surface area contributed by atoms with Crippen molar-refractivity contribution in [3.8, 4) is 0 Å². The van der Waals surface area contributed by atoms with E-state index >= 15 is 0 Å². The lowest BCUT2D eigenvalue weighted by Crippen LogP contribution is -2.65. The van der Waals surface area contributed by atoms with E-state index in [0.717, 1.165) is 57.8 Å². The van der Waals surface area contributed by atoms with Crippen molar-refractivity contribution in [1.29, 1.82) is 0 Å². The van der Waals surface area contributed by atoms with Crippen molar-refractivity contribution in [2.24, 2.45) is 11.7 Å². The summed E-state index contributed by atoms with van der Waals surface area (Å²) < 4.78 is 27.9. The van der Waals surface area contributed by atoms with Crippen LogP contribution in [0.3, 0.4) is 0 Å². The Kier molecular flexibility index (Phi) is 9.64. The van der Waals surface area contributed by atoms with E-state index < -0.39 is 33.9 Å². The fraction of sp³-hybridized carbons (Fsp3) is 0.667. The summed E-state index contributed by atoms with van der Waals surface area (Å²) in [5.41, 5.74) is 5.67. The van der Waals surface area contributed by atoms with Gasteiger partial charge in [0.2, 0.25) is 21.8 Å². The molecule has 3 fully saturated rings. The second-order valence-electron chi connectivity index (χ2n) is 10.9. The number of benzene rings is 1. The van der Waals surface area contributed by atoms with Crippen molar-refractivity contribution in [2.75, 3.05) is 19.6 Å². The summed E-state index contributed by atoms with van der Waals surface area (Å²) in [5.74, 6) is -0.878. The van der Waals surface area contributed by atoms with Crippen molar-refractivity contribution in [1.82, 2.24) is 19.8 Å². The van der Waals surface area contributed by atoms with Gasteiger partial charge in [-0.15, -0.1) is 0 Å². The Hall–Kier alpha value is -2.66. The van der Waals surface area contributed by atoms with E-state index in [4.69, 9.17) is 5.73 Å². The molecule has 4 N–H and O–H groups in total. The molecule has 0 aromatic heterocycles. The van der Waals surface area contributed by atoms with Crippen LogP contribution in [0.15, 0.2) is 35.2 Å². The summed E-state index contributed by atoms with van der Waals surface area (Å²) in [6.07, 6.45) is 10.8. The molecule has 4 amide bonds. The standard InChI is InChI=1S/C27H41N5O5S/c28-25(33)23(18-20-10-4-1-5-11-20)30-26(34)24-19-31(38(36,37)22-14-8-3-9-15-22)16-17-32(24)27(35)29-21-12-6-2-7-13-21/h3,8-9,14-15,20-21,23-24H,1-2,4-7,10-13,16-19H2,(H2,28,33)(H,29,35)(H,30,34)/t23-,24-/m0/s1. The fourth-order valence-corrected chi connectivity index (χ4v) is 7.42. The first-order chi connectivity index (χ1) is 18.3. The molecule has 2 atom stereocenters. The van der Waals surface area contributed by atoms with Gasteiger partial charge in [-0.1, -0.05) is 69.6 Å². The normalized spacial score (nSPS) is 22.9. The number of hydrogen-bond donors (Lipinski definition) is 3. The number of primary amides is 1. The maximum absolute atomic E-state index is 13.6. The molecule has 10 nitrogen and oxygen atoms in total. The minimum atomic E-state index is -3.87. The molecule has 1 aliphatic heterocycles. The molecule has 2 saturated carbocycles. The van der Waals surface area contributed by atoms with Gasteiger partial charge in [-0.05, 0) is 37.3 Å². The first-order valence-electron chi connectivity index (χ1n) is 14.0. The van der Waals surface area contributed by atoms with Crippen LogP contribution in [-0.2, 0) is 19.6 Å². The number of nitrogens with zero attached hydrogens (tertiary/aromatic N) is 2. The van der Waals surface area contributed by atoms with Crippen molar-refractivity contribution < 1.29 is 22.8 Å². The van der Waals surface area contributed by atoms with Crippen LogP contribution >= 0.6 is 0 Å². The number of piperazine rings is 1. The highest BCUT2D eigenvalue weighted by molar-refractivity contribution is 7.89. The molecule has 0 bridgehead atoms. The Bertz CT molecular complexity index is 1070. The van der Waals surface area contributed by atoms with E-state index in [1.54, 1.807) is 18.2 Å². The van der Waals surface area contributed by atoms with Crippen molar-refractivity contribution >= 4 is 27.9 Å². The fourth-order valence-electron chi connectivity index (χ4n) is 5.96. The van der Waals surface area contributed by atoms with Crippen LogP contribution in [-0.4, -0.2) is 73.2 Å². The Morgan fingerprint density at radius 2 is 1.55 bits per heavy atom. The number of hydrogen-bond acceptors (Lipinski definition) is 5. The third-order valence-corrected chi connectivity index (χ3v) is 10.1. The van der Waals surface area contributed by atoms with Crippen LogP contribution in [0.4, 0.5) is 4.79 Å². The number of nitrogens with two attached hydrogens (primary N) is 1. The van der Waals surface area contributed by atoms with E-state index in [2.05, 4.69) is 10.6 Å². The van der Waals surface area contributed by atoms with E-state index in [9.17, 15) is 22.8 Å². The first-order valence-corrected chi connectivity index (χ1v) is 15.4. The second-order valence-corrected chi connectivity index (χ2v) is 12.8. The van der Waals surface area contributed by atoms with Crippen LogP contribution in [0.5, 0.6) is 0 Å². The van der Waals surface area contributed by atoms with Crippen LogP contribution in [0.25, 0.3) is 0 Å². The van der Waals surface area contributed by atoms with E-state index in [-0.39, 0.29) is 36.6 Å².